The van der Waals surface area contributed by atoms with Gasteiger partial charge in [-0.25, -0.2) is 0 Å². The maximum absolute atomic E-state index is 12.0. The number of carbonyl (C=O) groups is 2. The number of methoxy groups -OCH3 is 1. The molecule has 0 bridgehead atoms. The quantitative estimate of drug-likeness (QED) is 0.831. The van der Waals surface area contributed by atoms with Gasteiger partial charge in [-0.1, -0.05) is 49.9 Å². The molecule has 1 aliphatic rings. The summed E-state index contributed by atoms with van der Waals surface area (Å²) < 4.78 is 4.61. The number of allylic oxidation sites excluding steroid dienone is 1. The molecule has 0 aliphatic carbocycles. The fourth-order valence-corrected chi connectivity index (χ4v) is 3.43. The third-order valence-corrected chi connectivity index (χ3v) is 4.91. The molecule has 1 aromatic rings. The lowest BCUT2D eigenvalue weighted by molar-refractivity contribution is -0.137. The van der Waals surface area contributed by atoms with E-state index >= 15 is 0 Å². The summed E-state index contributed by atoms with van der Waals surface area (Å²) in [6.07, 6.45) is 0.228. The SMILES string of the molecule is COC(=O)CSC1=C(C#N)C(c2ccc(C(C)C)cc2)CC(=O)N1. The fraction of sp³-hybridized carbons (Fsp3) is 0.389. The van der Waals surface area contributed by atoms with Gasteiger partial charge in [-0.05, 0) is 17.0 Å². The van der Waals surface area contributed by atoms with Gasteiger partial charge in [0, 0.05) is 12.3 Å². The predicted molar refractivity (Wildman–Crippen MR) is 93.1 cm³/mol. The first-order valence-electron chi connectivity index (χ1n) is 7.69. The Labute approximate surface area is 146 Å². The molecule has 1 N–H and O–H groups in total. The number of hydrogen-bond acceptors (Lipinski definition) is 5. The minimum Gasteiger partial charge on any atom is -0.468 e. The van der Waals surface area contributed by atoms with E-state index in [0.29, 0.717) is 16.5 Å². The molecule has 1 unspecified atom stereocenters. The third kappa shape index (κ3) is 4.18. The average Bonchev–Trinajstić information content (AvgIpc) is 2.59. The van der Waals surface area contributed by atoms with Crippen LogP contribution < -0.4 is 5.32 Å². The Balaban J connectivity index is 2.31. The van der Waals surface area contributed by atoms with E-state index in [1.165, 1.54) is 12.7 Å². The summed E-state index contributed by atoms with van der Waals surface area (Å²) in [5.41, 5.74) is 2.63. The first-order chi connectivity index (χ1) is 11.5. The Bertz CT molecular complexity index is 702. The van der Waals surface area contributed by atoms with E-state index in [9.17, 15) is 14.9 Å². The van der Waals surface area contributed by atoms with Crippen molar-refractivity contribution in [2.45, 2.75) is 32.1 Å². The fourth-order valence-electron chi connectivity index (χ4n) is 2.52. The molecule has 1 heterocycles. The van der Waals surface area contributed by atoms with Crippen LogP contribution in [0.3, 0.4) is 0 Å². The minimum atomic E-state index is -0.401. The smallest absolute Gasteiger partial charge is 0.316 e. The molecule has 0 saturated heterocycles. The van der Waals surface area contributed by atoms with Crippen LogP contribution in [0.2, 0.25) is 0 Å². The number of hydrogen-bond donors (Lipinski definition) is 1. The van der Waals surface area contributed by atoms with Gasteiger partial charge in [0.05, 0.1) is 29.5 Å². The Morgan fingerprint density at radius 2 is 2.08 bits per heavy atom. The van der Waals surface area contributed by atoms with Crippen molar-refractivity contribution in [3.05, 3.63) is 46.0 Å². The van der Waals surface area contributed by atoms with Crippen molar-refractivity contribution < 1.29 is 14.3 Å². The summed E-state index contributed by atoms with van der Waals surface area (Å²) in [6, 6.07) is 10.2. The second-order valence-corrected chi connectivity index (χ2v) is 6.83. The molecule has 2 rings (SSSR count). The van der Waals surface area contributed by atoms with Gasteiger partial charge < -0.3 is 10.1 Å². The highest BCUT2D eigenvalue weighted by Gasteiger charge is 2.29. The van der Waals surface area contributed by atoms with Crippen LogP contribution in [0.4, 0.5) is 0 Å². The Morgan fingerprint density at radius 3 is 2.62 bits per heavy atom. The number of thioether (sulfide) groups is 1. The van der Waals surface area contributed by atoms with Crippen LogP contribution in [0.25, 0.3) is 0 Å². The van der Waals surface area contributed by atoms with Gasteiger partial charge in [-0.3, -0.25) is 9.59 Å². The summed E-state index contributed by atoms with van der Waals surface area (Å²) in [6.45, 7) is 4.23. The Hall–Kier alpha value is -2.26. The molecule has 0 fully saturated rings. The lowest BCUT2D eigenvalue weighted by Crippen LogP contribution is -2.31. The van der Waals surface area contributed by atoms with Crippen LogP contribution in [0, 0.1) is 11.3 Å². The number of rotatable bonds is 5. The van der Waals surface area contributed by atoms with E-state index in [1.54, 1.807) is 0 Å². The third-order valence-electron chi connectivity index (χ3n) is 3.92. The van der Waals surface area contributed by atoms with E-state index in [2.05, 4.69) is 30.0 Å². The van der Waals surface area contributed by atoms with Crippen LogP contribution in [0.5, 0.6) is 0 Å². The second kappa shape index (κ2) is 8.02. The molecule has 0 aromatic heterocycles. The van der Waals surface area contributed by atoms with Crippen molar-refractivity contribution in [2.24, 2.45) is 0 Å². The van der Waals surface area contributed by atoms with Crippen LogP contribution in [0.15, 0.2) is 34.9 Å². The van der Waals surface area contributed by atoms with Crippen molar-refractivity contribution in [3.63, 3.8) is 0 Å². The molecular weight excluding hydrogens is 324 g/mol. The number of benzene rings is 1. The van der Waals surface area contributed by atoms with Crippen molar-refractivity contribution in [1.29, 1.82) is 5.26 Å². The molecule has 126 valence electrons. The highest BCUT2D eigenvalue weighted by Crippen LogP contribution is 2.36. The molecule has 0 spiro atoms. The number of nitrogens with one attached hydrogen (secondary N) is 1. The predicted octanol–water partition coefficient (Wildman–Crippen LogP) is 3.05. The van der Waals surface area contributed by atoms with Gasteiger partial charge >= 0.3 is 5.97 Å². The summed E-state index contributed by atoms with van der Waals surface area (Å²) >= 11 is 1.12. The number of amides is 1. The van der Waals surface area contributed by atoms with E-state index in [4.69, 9.17) is 0 Å². The van der Waals surface area contributed by atoms with Gasteiger partial charge in [0.15, 0.2) is 0 Å². The molecule has 1 aromatic carbocycles. The highest BCUT2D eigenvalue weighted by molar-refractivity contribution is 8.03. The van der Waals surface area contributed by atoms with Crippen molar-refractivity contribution in [3.8, 4) is 6.07 Å². The highest BCUT2D eigenvalue weighted by atomic mass is 32.2. The maximum atomic E-state index is 12.0. The van der Waals surface area contributed by atoms with Crippen LogP contribution in [-0.4, -0.2) is 24.7 Å². The molecule has 0 saturated carbocycles. The maximum Gasteiger partial charge on any atom is 0.316 e. The van der Waals surface area contributed by atoms with Crippen molar-refractivity contribution in [1.82, 2.24) is 5.32 Å². The molecule has 24 heavy (non-hydrogen) atoms. The molecule has 0 radical (unpaired) electrons. The standard InChI is InChI=1S/C18H20N2O3S/c1-11(2)12-4-6-13(7-5-12)14-8-16(21)20-18(15(14)9-19)24-10-17(22)23-3/h4-7,11,14H,8,10H2,1-3H3,(H,20,21). The van der Waals surface area contributed by atoms with Gasteiger partial charge in [0.2, 0.25) is 5.91 Å². The summed E-state index contributed by atoms with van der Waals surface area (Å²) in [5.74, 6) is -0.367. The molecule has 6 heteroatoms. The van der Waals surface area contributed by atoms with Crippen molar-refractivity contribution >= 4 is 23.6 Å². The zero-order chi connectivity index (χ0) is 17.7. The lowest BCUT2D eigenvalue weighted by atomic mass is 9.86. The zero-order valence-electron chi connectivity index (χ0n) is 14.0. The second-order valence-electron chi connectivity index (χ2n) is 5.85. The number of nitrogens with zero attached hydrogens (tertiary/aromatic N) is 1. The number of nitriles is 1. The zero-order valence-corrected chi connectivity index (χ0v) is 14.8. The minimum absolute atomic E-state index is 0.0519. The molecule has 5 nitrogen and oxygen atoms in total. The average molecular weight is 344 g/mol. The van der Waals surface area contributed by atoms with Gasteiger partial charge in [-0.15, -0.1) is 0 Å². The largest absolute Gasteiger partial charge is 0.468 e. The van der Waals surface area contributed by atoms with Crippen LogP contribution in [0.1, 0.15) is 43.2 Å². The van der Waals surface area contributed by atoms with Gasteiger partial charge in [-0.2, -0.15) is 5.26 Å². The topological polar surface area (TPSA) is 79.2 Å². The number of ether oxygens (including phenoxy) is 1. The molecule has 1 atom stereocenters. The monoisotopic (exact) mass is 344 g/mol. The van der Waals surface area contributed by atoms with Crippen molar-refractivity contribution in [2.75, 3.05) is 12.9 Å². The van der Waals surface area contributed by atoms with Crippen LogP contribution in [-0.2, 0) is 14.3 Å². The Morgan fingerprint density at radius 1 is 1.42 bits per heavy atom. The van der Waals surface area contributed by atoms with Crippen LogP contribution >= 0.6 is 11.8 Å². The lowest BCUT2D eigenvalue weighted by Gasteiger charge is -2.25. The number of esters is 1. The van der Waals surface area contributed by atoms with E-state index in [-0.39, 0.29) is 24.0 Å². The summed E-state index contributed by atoms with van der Waals surface area (Å²) in [7, 11) is 1.31. The van der Waals surface area contributed by atoms with Gasteiger partial charge in [0.25, 0.3) is 0 Å². The van der Waals surface area contributed by atoms with E-state index in [0.717, 1.165) is 17.3 Å². The summed E-state index contributed by atoms with van der Waals surface area (Å²) in [5, 5.41) is 12.7. The Kier molecular flexibility index (Phi) is 6.04. The van der Waals surface area contributed by atoms with Gasteiger partial charge in [0.1, 0.15) is 0 Å². The molecule has 1 amide bonds. The molecule has 1 aliphatic heterocycles. The number of carbonyl (C=O) groups excluding carboxylic acids is 2. The molecular formula is C18H20N2O3S. The van der Waals surface area contributed by atoms with E-state index < -0.39 is 5.97 Å². The first kappa shape index (κ1) is 18.1. The summed E-state index contributed by atoms with van der Waals surface area (Å²) in [4.78, 5) is 23.3. The normalized spacial score (nSPS) is 17.5. The van der Waals surface area contributed by atoms with E-state index in [1.807, 2.05) is 24.3 Å². The first-order valence-corrected chi connectivity index (χ1v) is 8.68.